The zero-order valence-electron chi connectivity index (χ0n) is 17.8. The maximum atomic E-state index is 14.2. The predicted molar refractivity (Wildman–Crippen MR) is 122 cm³/mol. The van der Waals surface area contributed by atoms with Gasteiger partial charge in [0.1, 0.15) is 5.82 Å². The van der Waals surface area contributed by atoms with Crippen LogP contribution < -0.4 is 5.32 Å². The molecule has 0 aliphatic rings. The van der Waals surface area contributed by atoms with Gasteiger partial charge in [-0.1, -0.05) is 36.4 Å². The van der Waals surface area contributed by atoms with Crippen LogP contribution in [0.25, 0.3) is 16.6 Å². The van der Waals surface area contributed by atoms with E-state index in [4.69, 9.17) is 0 Å². The summed E-state index contributed by atoms with van der Waals surface area (Å²) < 4.78 is 15.9. The molecular weight excluding hydrogens is 421 g/mol. The van der Waals surface area contributed by atoms with Crippen molar-refractivity contribution in [1.29, 1.82) is 0 Å². The molecule has 0 saturated heterocycles. The highest BCUT2D eigenvalue weighted by Crippen LogP contribution is 2.24. The molecule has 0 atom stereocenters. The van der Waals surface area contributed by atoms with Crippen molar-refractivity contribution in [2.75, 3.05) is 5.32 Å². The number of carbonyl (C=O) groups is 1. The quantitative estimate of drug-likeness (QED) is 0.438. The molecule has 8 nitrogen and oxygen atoms in total. The molecule has 0 aliphatic carbocycles. The molecule has 0 bridgehead atoms. The van der Waals surface area contributed by atoms with Crippen molar-refractivity contribution < 1.29 is 9.18 Å². The number of benzene rings is 2. The molecule has 1 N–H and O–H groups in total. The molecule has 9 heteroatoms. The Bertz CT molecular complexity index is 1450. The van der Waals surface area contributed by atoms with Gasteiger partial charge in [0.15, 0.2) is 5.65 Å². The molecule has 2 aromatic carbocycles. The van der Waals surface area contributed by atoms with Crippen molar-refractivity contribution >= 4 is 28.3 Å². The molecule has 33 heavy (non-hydrogen) atoms. The van der Waals surface area contributed by atoms with E-state index in [-0.39, 0.29) is 18.8 Å². The van der Waals surface area contributed by atoms with Crippen LogP contribution in [0, 0.1) is 12.7 Å². The third-order valence-corrected chi connectivity index (χ3v) is 5.43. The summed E-state index contributed by atoms with van der Waals surface area (Å²) in [6.07, 6.45) is 3.37. The van der Waals surface area contributed by atoms with E-state index < -0.39 is 11.8 Å². The van der Waals surface area contributed by atoms with E-state index in [0.717, 1.165) is 27.6 Å². The number of hydrogen-bond donors (Lipinski definition) is 1. The van der Waals surface area contributed by atoms with Crippen molar-refractivity contribution in [3.63, 3.8) is 0 Å². The van der Waals surface area contributed by atoms with E-state index in [0.29, 0.717) is 5.65 Å². The van der Waals surface area contributed by atoms with E-state index in [1.807, 2.05) is 43.3 Å². The van der Waals surface area contributed by atoms with Gasteiger partial charge in [-0.25, -0.2) is 9.18 Å². The number of tetrazole rings is 1. The summed E-state index contributed by atoms with van der Waals surface area (Å²) in [5.41, 5.74) is 4.24. The first-order valence-corrected chi connectivity index (χ1v) is 10.4. The fraction of sp³-hybridized carbons (Fsp3) is 0.125. The van der Waals surface area contributed by atoms with Crippen molar-refractivity contribution in [1.82, 2.24) is 29.9 Å². The smallest absolute Gasteiger partial charge is 0.316 e. The number of urea groups is 1. The molecule has 0 fully saturated rings. The van der Waals surface area contributed by atoms with E-state index in [1.54, 1.807) is 33.9 Å². The van der Waals surface area contributed by atoms with Gasteiger partial charge < -0.3 is 10.2 Å². The highest BCUT2D eigenvalue weighted by atomic mass is 19.1. The maximum absolute atomic E-state index is 14.2. The zero-order valence-corrected chi connectivity index (χ0v) is 17.8. The van der Waals surface area contributed by atoms with E-state index >= 15 is 0 Å². The summed E-state index contributed by atoms with van der Waals surface area (Å²) in [6, 6.07) is 17.3. The van der Waals surface area contributed by atoms with Crippen LogP contribution in [0.2, 0.25) is 0 Å². The molecule has 0 saturated carbocycles. The second kappa shape index (κ2) is 8.62. The second-order valence-corrected chi connectivity index (χ2v) is 7.72. The third kappa shape index (κ3) is 4.08. The average molecular weight is 441 g/mol. The molecule has 5 aromatic rings. The Morgan fingerprint density at radius 2 is 1.97 bits per heavy atom. The molecule has 2 amide bonds. The Balaban J connectivity index is 1.54. The summed E-state index contributed by atoms with van der Waals surface area (Å²) in [6.45, 7) is 2.48. The predicted octanol–water partition coefficient (Wildman–Crippen LogP) is 4.35. The lowest BCUT2D eigenvalue weighted by Gasteiger charge is -2.24. The summed E-state index contributed by atoms with van der Waals surface area (Å²) in [7, 11) is 0. The number of halogens is 1. The van der Waals surface area contributed by atoms with Crippen LogP contribution in [0.1, 0.15) is 16.7 Å². The van der Waals surface area contributed by atoms with Crippen LogP contribution in [0.15, 0.2) is 73.1 Å². The number of pyridine rings is 2. The molecule has 0 radical (unpaired) electrons. The number of carbonyl (C=O) groups excluding carboxylic acids is 1. The molecule has 3 aromatic heterocycles. The minimum atomic E-state index is -0.502. The standard InChI is InChI=1S/C24H20FN7O/c1-16-6-4-8-18-12-19(23-28-29-30-32(23)22(16)18)15-31(14-17-7-5-11-26-13-17)24(33)27-21-10-3-2-9-20(21)25/h2-13H,14-15H2,1H3,(H,27,33). The number of anilines is 1. The summed E-state index contributed by atoms with van der Waals surface area (Å²) in [5.74, 6) is -0.502. The second-order valence-electron chi connectivity index (χ2n) is 7.72. The third-order valence-electron chi connectivity index (χ3n) is 5.43. The first kappa shape index (κ1) is 20.5. The minimum absolute atomic E-state index is 0.113. The topological polar surface area (TPSA) is 88.3 Å². The monoisotopic (exact) mass is 441 g/mol. The first-order chi connectivity index (χ1) is 16.1. The fourth-order valence-electron chi connectivity index (χ4n) is 3.87. The van der Waals surface area contributed by atoms with Gasteiger partial charge in [0.05, 0.1) is 17.7 Å². The number of hydrogen-bond acceptors (Lipinski definition) is 5. The number of rotatable bonds is 5. The van der Waals surface area contributed by atoms with Gasteiger partial charge in [-0.15, -0.1) is 5.10 Å². The highest BCUT2D eigenvalue weighted by molar-refractivity contribution is 5.90. The van der Waals surface area contributed by atoms with Gasteiger partial charge >= 0.3 is 6.03 Å². The van der Waals surface area contributed by atoms with Gasteiger partial charge in [-0.2, -0.15) is 4.52 Å². The molecule has 0 spiro atoms. The molecule has 5 rings (SSSR count). The largest absolute Gasteiger partial charge is 0.322 e. The summed E-state index contributed by atoms with van der Waals surface area (Å²) in [4.78, 5) is 19.0. The van der Waals surface area contributed by atoms with Crippen molar-refractivity contribution in [3.05, 3.63) is 95.6 Å². The Kier molecular flexibility index (Phi) is 5.35. The Labute approximate surface area is 188 Å². The Morgan fingerprint density at radius 3 is 2.79 bits per heavy atom. The molecule has 0 aliphatic heterocycles. The lowest BCUT2D eigenvalue weighted by atomic mass is 10.1. The molecule has 0 unspecified atom stereocenters. The number of amides is 2. The van der Waals surface area contributed by atoms with E-state index in [9.17, 15) is 9.18 Å². The molecule has 3 heterocycles. The average Bonchev–Trinajstić information content (AvgIpc) is 3.31. The van der Waals surface area contributed by atoms with Crippen LogP contribution in [0.3, 0.4) is 0 Å². The maximum Gasteiger partial charge on any atom is 0.322 e. The van der Waals surface area contributed by atoms with Gasteiger partial charge in [-0.05, 0) is 52.7 Å². The lowest BCUT2D eigenvalue weighted by Crippen LogP contribution is -2.34. The number of aryl methyl sites for hydroxylation is 1. The Hall–Kier alpha value is -4.40. The van der Waals surface area contributed by atoms with Crippen LogP contribution >= 0.6 is 0 Å². The van der Waals surface area contributed by atoms with Gasteiger partial charge in [-0.3, -0.25) is 4.98 Å². The van der Waals surface area contributed by atoms with Crippen LogP contribution in [-0.2, 0) is 13.1 Å². The zero-order chi connectivity index (χ0) is 22.8. The minimum Gasteiger partial charge on any atom is -0.316 e. The van der Waals surface area contributed by atoms with E-state index in [2.05, 4.69) is 25.8 Å². The van der Waals surface area contributed by atoms with Gasteiger partial charge in [0.25, 0.3) is 0 Å². The highest BCUT2D eigenvalue weighted by Gasteiger charge is 2.20. The SMILES string of the molecule is Cc1cccc2cc(CN(Cc3cccnc3)C(=O)Nc3ccccc3F)c3nnnn3c12. The molecular formula is C24H20FN7O. The number of nitrogens with zero attached hydrogens (tertiary/aromatic N) is 6. The normalized spacial score (nSPS) is 11.1. The first-order valence-electron chi connectivity index (χ1n) is 10.4. The van der Waals surface area contributed by atoms with Crippen LogP contribution in [0.4, 0.5) is 14.9 Å². The lowest BCUT2D eigenvalue weighted by molar-refractivity contribution is 0.206. The van der Waals surface area contributed by atoms with E-state index in [1.165, 1.54) is 12.1 Å². The Morgan fingerprint density at radius 1 is 1.09 bits per heavy atom. The fourth-order valence-corrected chi connectivity index (χ4v) is 3.87. The van der Waals surface area contributed by atoms with Crippen LogP contribution in [0.5, 0.6) is 0 Å². The molecule has 164 valence electrons. The number of fused-ring (bicyclic) bond motifs is 3. The van der Waals surface area contributed by atoms with Gasteiger partial charge in [0, 0.05) is 29.9 Å². The number of para-hydroxylation sites is 2. The summed E-state index contributed by atoms with van der Waals surface area (Å²) >= 11 is 0. The van der Waals surface area contributed by atoms with Gasteiger partial charge in [0.2, 0.25) is 0 Å². The summed E-state index contributed by atoms with van der Waals surface area (Å²) in [5, 5.41) is 15.8. The van der Waals surface area contributed by atoms with Crippen molar-refractivity contribution in [2.24, 2.45) is 0 Å². The van der Waals surface area contributed by atoms with Crippen LogP contribution in [-0.4, -0.2) is 36.0 Å². The van der Waals surface area contributed by atoms with Crippen molar-refractivity contribution in [3.8, 4) is 0 Å². The number of nitrogens with one attached hydrogen (secondary N) is 1. The number of aromatic nitrogens is 5. The van der Waals surface area contributed by atoms with Crippen molar-refractivity contribution in [2.45, 2.75) is 20.0 Å².